The fraction of sp³-hybridized carbons (Fsp3) is 0.182. The van der Waals surface area contributed by atoms with Gasteiger partial charge in [0.05, 0.1) is 46.2 Å². The predicted molar refractivity (Wildman–Crippen MR) is 128 cm³/mol. The van der Waals surface area contributed by atoms with Crippen LogP contribution in [-0.2, 0) is 13.6 Å². The van der Waals surface area contributed by atoms with Crippen molar-refractivity contribution in [2.75, 3.05) is 10.6 Å². The summed E-state index contributed by atoms with van der Waals surface area (Å²) in [4.78, 5) is 31.7. The molecular weight excluding hydrogens is 454 g/mol. The molecule has 5 aromatic heterocycles. The Hall–Kier alpha value is -4.32. The summed E-state index contributed by atoms with van der Waals surface area (Å²) in [6.07, 6.45) is 6.15. The van der Waals surface area contributed by atoms with Crippen LogP contribution in [0.25, 0.3) is 16.2 Å². The average Bonchev–Trinajstić information content (AvgIpc) is 3.63. The summed E-state index contributed by atoms with van der Waals surface area (Å²) < 4.78 is 4.83. The average molecular weight is 476 g/mol. The fourth-order valence-electron chi connectivity index (χ4n) is 3.61. The Morgan fingerprint density at radius 2 is 1.82 bits per heavy atom. The lowest BCUT2D eigenvalue weighted by atomic mass is 10.2. The molecule has 0 aliphatic heterocycles. The number of anilines is 2. The SMILES string of the molecule is CCn1ncc(NC(=O)c2cnn3c(-c4cccs4)ccnc23)c1C(=O)Nc1cnn(C)c1C. The number of thiophene rings is 1. The van der Waals surface area contributed by atoms with Gasteiger partial charge in [-0.1, -0.05) is 6.07 Å². The number of hydrogen-bond acceptors (Lipinski definition) is 7. The molecule has 5 heterocycles. The highest BCUT2D eigenvalue weighted by Gasteiger charge is 2.23. The molecule has 0 bridgehead atoms. The lowest BCUT2D eigenvalue weighted by molar-refractivity contribution is 0.101. The van der Waals surface area contributed by atoms with Crippen molar-refractivity contribution in [2.45, 2.75) is 20.4 Å². The number of rotatable bonds is 6. The molecule has 34 heavy (non-hydrogen) atoms. The van der Waals surface area contributed by atoms with Gasteiger partial charge in [-0.15, -0.1) is 11.3 Å². The molecule has 0 saturated heterocycles. The van der Waals surface area contributed by atoms with Gasteiger partial charge in [0.25, 0.3) is 11.8 Å². The summed E-state index contributed by atoms with van der Waals surface area (Å²) in [5.41, 5.74) is 3.47. The van der Waals surface area contributed by atoms with E-state index in [0.717, 1.165) is 16.3 Å². The lowest BCUT2D eigenvalue weighted by Gasteiger charge is -2.10. The number of aryl methyl sites for hydroxylation is 2. The van der Waals surface area contributed by atoms with Crippen LogP contribution in [0.5, 0.6) is 0 Å². The second kappa shape index (κ2) is 8.56. The van der Waals surface area contributed by atoms with E-state index in [4.69, 9.17) is 0 Å². The van der Waals surface area contributed by atoms with Crippen molar-refractivity contribution < 1.29 is 9.59 Å². The Labute approximate surface area is 198 Å². The van der Waals surface area contributed by atoms with E-state index in [1.165, 1.54) is 17.1 Å². The number of hydrogen-bond donors (Lipinski definition) is 2. The number of nitrogens with zero attached hydrogens (tertiary/aromatic N) is 7. The Bertz CT molecular complexity index is 1510. The maximum Gasteiger partial charge on any atom is 0.276 e. The van der Waals surface area contributed by atoms with E-state index in [9.17, 15) is 9.59 Å². The van der Waals surface area contributed by atoms with E-state index >= 15 is 0 Å². The highest BCUT2D eigenvalue weighted by atomic mass is 32.1. The van der Waals surface area contributed by atoms with Gasteiger partial charge in [0.1, 0.15) is 11.3 Å². The van der Waals surface area contributed by atoms with E-state index in [2.05, 4.69) is 30.9 Å². The van der Waals surface area contributed by atoms with Gasteiger partial charge in [-0.25, -0.2) is 9.50 Å². The van der Waals surface area contributed by atoms with Gasteiger partial charge in [-0.2, -0.15) is 15.3 Å². The van der Waals surface area contributed by atoms with Crippen molar-refractivity contribution in [3.63, 3.8) is 0 Å². The number of aromatic nitrogens is 7. The number of nitrogens with one attached hydrogen (secondary N) is 2. The minimum atomic E-state index is -0.437. The van der Waals surface area contributed by atoms with Gasteiger partial charge in [0.15, 0.2) is 5.65 Å². The summed E-state index contributed by atoms with van der Waals surface area (Å²) in [5, 5.41) is 20.4. The number of carbonyl (C=O) groups excluding carboxylic acids is 2. The Morgan fingerprint density at radius 1 is 1.03 bits per heavy atom. The van der Waals surface area contributed by atoms with Crippen LogP contribution >= 0.6 is 11.3 Å². The maximum atomic E-state index is 13.2. The normalized spacial score (nSPS) is 11.1. The second-order valence-corrected chi connectivity index (χ2v) is 8.45. The lowest BCUT2D eigenvalue weighted by Crippen LogP contribution is -2.21. The zero-order chi connectivity index (χ0) is 23.8. The van der Waals surface area contributed by atoms with Gasteiger partial charge in [0.2, 0.25) is 0 Å². The zero-order valence-electron chi connectivity index (χ0n) is 18.7. The van der Waals surface area contributed by atoms with Gasteiger partial charge < -0.3 is 10.6 Å². The molecule has 0 atom stereocenters. The summed E-state index contributed by atoms with van der Waals surface area (Å²) in [7, 11) is 1.79. The topological polar surface area (TPSA) is 124 Å². The second-order valence-electron chi connectivity index (χ2n) is 7.50. The van der Waals surface area contributed by atoms with Crippen LogP contribution in [0.15, 0.2) is 48.4 Å². The summed E-state index contributed by atoms with van der Waals surface area (Å²) in [5.74, 6) is -0.836. The number of carbonyl (C=O) groups is 2. The van der Waals surface area contributed by atoms with Crippen molar-refractivity contribution in [1.29, 1.82) is 0 Å². The molecule has 0 aliphatic carbocycles. The zero-order valence-corrected chi connectivity index (χ0v) is 19.5. The van der Waals surface area contributed by atoms with E-state index in [0.29, 0.717) is 23.6 Å². The van der Waals surface area contributed by atoms with Crippen LogP contribution in [0.3, 0.4) is 0 Å². The minimum absolute atomic E-state index is 0.239. The van der Waals surface area contributed by atoms with E-state index in [-0.39, 0.29) is 11.3 Å². The molecule has 12 heteroatoms. The van der Waals surface area contributed by atoms with Crippen LogP contribution in [0.1, 0.15) is 33.5 Å². The van der Waals surface area contributed by atoms with E-state index in [1.807, 2.05) is 37.4 Å². The van der Waals surface area contributed by atoms with Crippen LogP contribution in [0.2, 0.25) is 0 Å². The van der Waals surface area contributed by atoms with Crippen LogP contribution in [0.4, 0.5) is 11.4 Å². The highest BCUT2D eigenvalue weighted by molar-refractivity contribution is 7.13. The van der Waals surface area contributed by atoms with E-state index < -0.39 is 11.8 Å². The van der Waals surface area contributed by atoms with Gasteiger partial charge in [0, 0.05) is 19.8 Å². The van der Waals surface area contributed by atoms with Crippen LogP contribution in [-0.4, -0.2) is 46.0 Å². The molecule has 11 nitrogen and oxygen atoms in total. The largest absolute Gasteiger partial charge is 0.318 e. The molecule has 0 saturated carbocycles. The molecule has 5 rings (SSSR count). The molecule has 2 amide bonds. The Kier molecular flexibility index (Phi) is 5.42. The molecule has 0 fully saturated rings. The minimum Gasteiger partial charge on any atom is -0.318 e. The first kappa shape index (κ1) is 21.5. The van der Waals surface area contributed by atoms with Crippen molar-refractivity contribution in [1.82, 2.24) is 34.2 Å². The molecule has 0 spiro atoms. The van der Waals surface area contributed by atoms with Crippen molar-refractivity contribution in [2.24, 2.45) is 7.05 Å². The fourth-order valence-corrected chi connectivity index (χ4v) is 4.35. The third kappa shape index (κ3) is 3.63. The molecular formula is C22H21N9O2S. The Morgan fingerprint density at radius 3 is 2.53 bits per heavy atom. The van der Waals surface area contributed by atoms with Crippen LogP contribution < -0.4 is 10.6 Å². The Balaban J connectivity index is 1.45. The predicted octanol–water partition coefficient (Wildman–Crippen LogP) is 3.22. The molecule has 2 N–H and O–H groups in total. The first-order valence-corrected chi connectivity index (χ1v) is 11.4. The van der Waals surface area contributed by atoms with Crippen molar-refractivity contribution >= 4 is 40.2 Å². The molecule has 0 aliphatic rings. The summed E-state index contributed by atoms with van der Waals surface area (Å²) in [6.45, 7) is 4.17. The van der Waals surface area contributed by atoms with Gasteiger partial charge >= 0.3 is 0 Å². The van der Waals surface area contributed by atoms with Crippen molar-refractivity contribution in [3.05, 3.63) is 65.3 Å². The third-order valence-corrected chi connectivity index (χ3v) is 6.40. The smallest absolute Gasteiger partial charge is 0.276 e. The first-order chi connectivity index (χ1) is 16.5. The van der Waals surface area contributed by atoms with Gasteiger partial charge in [-0.3, -0.25) is 19.0 Å². The summed E-state index contributed by atoms with van der Waals surface area (Å²) >= 11 is 1.57. The van der Waals surface area contributed by atoms with Crippen LogP contribution in [0, 0.1) is 6.92 Å². The molecule has 0 radical (unpaired) electrons. The molecule has 172 valence electrons. The molecule has 5 aromatic rings. The molecule has 0 unspecified atom stereocenters. The quantitative estimate of drug-likeness (QED) is 0.389. The first-order valence-electron chi connectivity index (χ1n) is 10.5. The van der Waals surface area contributed by atoms with Gasteiger partial charge in [-0.05, 0) is 31.4 Å². The van der Waals surface area contributed by atoms with E-state index in [1.54, 1.807) is 40.0 Å². The molecule has 0 aromatic carbocycles. The monoisotopic (exact) mass is 475 g/mol. The highest BCUT2D eigenvalue weighted by Crippen LogP contribution is 2.26. The number of fused-ring (bicyclic) bond motifs is 1. The maximum absolute atomic E-state index is 13.2. The third-order valence-electron chi connectivity index (χ3n) is 5.51. The summed E-state index contributed by atoms with van der Waals surface area (Å²) in [6, 6.07) is 5.78. The van der Waals surface area contributed by atoms with Crippen molar-refractivity contribution in [3.8, 4) is 10.6 Å². The number of amides is 2. The standard InChI is InChI=1S/C22H21N9O2S/c1-4-30-19(22(33)27-15-11-24-29(3)13(15)2)16(12-25-30)28-21(32)14-10-26-31-17(7-8-23-20(14)31)18-6-5-9-34-18/h5-12H,4H2,1-3H3,(H,27,33)(H,28,32).